The molecule has 1 N–H and O–H groups in total. The van der Waals surface area contributed by atoms with Crippen molar-refractivity contribution in [2.45, 2.75) is 30.4 Å². The summed E-state index contributed by atoms with van der Waals surface area (Å²) in [6, 6.07) is 11.4. The molecule has 0 fully saturated rings. The number of carbonyl (C=O) groups is 2. The standard InChI is InChI=1S/C20H16ClFN4O3S/c1-11-2-5-13(6-3-11)29-10-17-24-20-26(25-17)19(28)16(30-20)9-18(27)23-12-4-7-15(22)14(21)8-12/h2-8,16H,9-10H2,1H3,(H,23,27). The molecule has 0 saturated carbocycles. The molecule has 30 heavy (non-hydrogen) atoms. The minimum absolute atomic E-state index is 0.0707. The monoisotopic (exact) mass is 446 g/mol. The minimum atomic E-state index is -0.636. The predicted molar refractivity (Wildman–Crippen MR) is 110 cm³/mol. The highest BCUT2D eigenvalue weighted by Crippen LogP contribution is 2.32. The number of ether oxygens (including phenoxy) is 1. The third kappa shape index (κ3) is 4.47. The third-order valence-corrected chi connectivity index (χ3v) is 5.73. The molecule has 1 atom stereocenters. The van der Waals surface area contributed by atoms with Gasteiger partial charge in [0, 0.05) is 12.1 Å². The minimum Gasteiger partial charge on any atom is -0.486 e. The Bertz CT molecular complexity index is 1120. The number of nitrogens with zero attached hydrogens (tertiary/aromatic N) is 3. The van der Waals surface area contributed by atoms with Gasteiger partial charge < -0.3 is 10.1 Å². The number of carbonyl (C=O) groups excluding carboxylic acids is 2. The molecule has 7 nitrogen and oxygen atoms in total. The van der Waals surface area contributed by atoms with Crippen molar-refractivity contribution >= 4 is 40.9 Å². The van der Waals surface area contributed by atoms with Crippen LogP contribution in [0.25, 0.3) is 0 Å². The summed E-state index contributed by atoms with van der Waals surface area (Å²) >= 11 is 6.88. The van der Waals surface area contributed by atoms with Gasteiger partial charge in [0.15, 0.2) is 11.0 Å². The number of amides is 1. The number of hydrogen-bond donors (Lipinski definition) is 1. The highest BCUT2D eigenvalue weighted by atomic mass is 35.5. The Balaban J connectivity index is 1.33. The van der Waals surface area contributed by atoms with Crippen molar-refractivity contribution < 1.29 is 18.7 Å². The molecular formula is C20H16ClFN4O3S. The SMILES string of the molecule is Cc1ccc(OCc2nc3n(n2)C(=O)C(CC(=O)Nc2ccc(F)c(Cl)c2)S3)cc1. The largest absolute Gasteiger partial charge is 0.486 e. The predicted octanol–water partition coefficient (Wildman–Crippen LogP) is 4.10. The molecule has 10 heteroatoms. The zero-order chi connectivity index (χ0) is 21.3. The van der Waals surface area contributed by atoms with Gasteiger partial charge in [-0.25, -0.2) is 9.37 Å². The van der Waals surface area contributed by atoms with E-state index in [-0.39, 0.29) is 24.0 Å². The van der Waals surface area contributed by atoms with Crippen LogP contribution in [0, 0.1) is 12.7 Å². The Morgan fingerprint density at radius 3 is 2.77 bits per heavy atom. The van der Waals surface area contributed by atoms with E-state index < -0.39 is 17.0 Å². The number of halogens is 2. The van der Waals surface area contributed by atoms with E-state index in [1.54, 1.807) is 0 Å². The molecule has 1 aliphatic heterocycles. The van der Waals surface area contributed by atoms with Crippen molar-refractivity contribution in [2.24, 2.45) is 0 Å². The van der Waals surface area contributed by atoms with Gasteiger partial charge in [-0.05, 0) is 37.3 Å². The highest BCUT2D eigenvalue weighted by Gasteiger charge is 2.36. The smallest absolute Gasteiger partial charge is 0.263 e. The first kappa shape index (κ1) is 20.4. The van der Waals surface area contributed by atoms with Crippen LogP contribution < -0.4 is 10.1 Å². The quantitative estimate of drug-likeness (QED) is 0.613. The molecule has 1 amide bonds. The van der Waals surface area contributed by atoms with Crippen molar-refractivity contribution in [3.05, 3.63) is 64.7 Å². The van der Waals surface area contributed by atoms with Gasteiger partial charge in [-0.3, -0.25) is 9.59 Å². The summed E-state index contributed by atoms with van der Waals surface area (Å²) in [6.07, 6.45) is -0.0707. The summed E-state index contributed by atoms with van der Waals surface area (Å²) in [7, 11) is 0. The van der Waals surface area contributed by atoms with Crippen molar-refractivity contribution in [3.63, 3.8) is 0 Å². The number of aryl methyl sites for hydroxylation is 1. The van der Waals surface area contributed by atoms with Gasteiger partial charge in [0.1, 0.15) is 23.4 Å². The normalized spacial score (nSPS) is 15.2. The molecule has 0 radical (unpaired) electrons. The van der Waals surface area contributed by atoms with Gasteiger partial charge in [0.05, 0.1) is 5.02 Å². The van der Waals surface area contributed by atoms with E-state index in [2.05, 4.69) is 15.4 Å². The third-order valence-electron chi connectivity index (χ3n) is 4.32. The van der Waals surface area contributed by atoms with Crippen LogP contribution in [0.5, 0.6) is 5.75 Å². The van der Waals surface area contributed by atoms with E-state index in [1.807, 2.05) is 31.2 Å². The molecule has 1 unspecified atom stereocenters. The van der Waals surface area contributed by atoms with Crippen molar-refractivity contribution in [1.29, 1.82) is 0 Å². The molecule has 0 spiro atoms. The average Bonchev–Trinajstić information content (AvgIpc) is 3.23. The van der Waals surface area contributed by atoms with Crippen LogP contribution >= 0.6 is 23.4 Å². The lowest BCUT2D eigenvalue weighted by molar-refractivity contribution is -0.116. The van der Waals surface area contributed by atoms with E-state index in [1.165, 1.54) is 28.6 Å². The van der Waals surface area contributed by atoms with E-state index >= 15 is 0 Å². The first-order valence-electron chi connectivity index (χ1n) is 9.00. The second kappa shape index (κ2) is 8.45. The maximum atomic E-state index is 13.2. The molecule has 1 aromatic heterocycles. The number of nitrogens with one attached hydrogen (secondary N) is 1. The summed E-state index contributed by atoms with van der Waals surface area (Å²) in [4.78, 5) is 29.1. The molecule has 154 valence electrons. The van der Waals surface area contributed by atoms with Crippen LogP contribution in [0.15, 0.2) is 47.6 Å². The fourth-order valence-electron chi connectivity index (χ4n) is 2.80. The van der Waals surface area contributed by atoms with Gasteiger partial charge >= 0.3 is 0 Å². The zero-order valence-corrected chi connectivity index (χ0v) is 17.3. The lowest BCUT2D eigenvalue weighted by atomic mass is 10.2. The van der Waals surface area contributed by atoms with Crippen LogP contribution in [0.3, 0.4) is 0 Å². The molecule has 2 heterocycles. The molecular weight excluding hydrogens is 431 g/mol. The van der Waals surface area contributed by atoms with Crippen LogP contribution in [-0.4, -0.2) is 31.8 Å². The zero-order valence-electron chi connectivity index (χ0n) is 15.8. The number of anilines is 1. The number of thioether (sulfide) groups is 1. The Morgan fingerprint density at radius 1 is 1.30 bits per heavy atom. The number of fused-ring (bicyclic) bond motifs is 1. The topological polar surface area (TPSA) is 86.1 Å². The summed E-state index contributed by atoms with van der Waals surface area (Å²) in [5.41, 5.74) is 1.48. The molecule has 0 saturated heterocycles. The summed E-state index contributed by atoms with van der Waals surface area (Å²) < 4.78 is 20.0. The van der Waals surface area contributed by atoms with Gasteiger partial charge in [-0.2, -0.15) is 4.68 Å². The fourth-order valence-corrected chi connectivity index (χ4v) is 4.06. The lowest BCUT2D eigenvalue weighted by Gasteiger charge is -2.09. The average molecular weight is 447 g/mol. The summed E-state index contributed by atoms with van der Waals surface area (Å²) in [5, 5.41) is 6.48. The van der Waals surface area contributed by atoms with Gasteiger partial charge in [0.2, 0.25) is 5.91 Å². The highest BCUT2D eigenvalue weighted by molar-refractivity contribution is 8.00. The maximum absolute atomic E-state index is 13.2. The molecule has 3 aromatic rings. The summed E-state index contributed by atoms with van der Waals surface area (Å²) in [6.45, 7) is 2.12. The van der Waals surface area contributed by atoms with Crippen molar-refractivity contribution in [3.8, 4) is 5.75 Å². The second-order valence-corrected chi connectivity index (χ2v) is 8.23. The van der Waals surface area contributed by atoms with Gasteiger partial charge in [0.25, 0.3) is 5.91 Å². The molecule has 0 bridgehead atoms. The van der Waals surface area contributed by atoms with Crippen molar-refractivity contribution in [1.82, 2.24) is 14.8 Å². The van der Waals surface area contributed by atoms with Crippen LogP contribution in [0.1, 0.15) is 22.6 Å². The number of aromatic nitrogens is 3. The molecule has 4 rings (SSSR count). The van der Waals surface area contributed by atoms with E-state index in [0.29, 0.717) is 22.4 Å². The van der Waals surface area contributed by atoms with E-state index in [0.717, 1.165) is 11.6 Å². The Morgan fingerprint density at radius 2 is 2.07 bits per heavy atom. The Hall–Kier alpha value is -2.91. The van der Waals surface area contributed by atoms with Crippen LogP contribution in [0.2, 0.25) is 5.02 Å². The fraction of sp³-hybridized carbons (Fsp3) is 0.200. The van der Waals surface area contributed by atoms with Gasteiger partial charge in [-0.15, -0.1) is 5.10 Å². The first-order chi connectivity index (χ1) is 14.4. The maximum Gasteiger partial charge on any atom is 0.263 e. The first-order valence-corrected chi connectivity index (χ1v) is 10.3. The van der Waals surface area contributed by atoms with E-state index in [9.17, 15) is 14.0 Å². The summed E-state index contributed by atoms with van der Waals surface area (Å²) in [5.74, 6) is -0.219. The molecule has 2 aromatic carbocycles. The van der Waals surface area contributed by atoms with Gasteiger partial charge in [-0.1, -0.05) is 41.1 Å². The number of benzene rings is 2. The molecule has 1 aliphatic rings. The lowest BCUT2D eigenvalue weighted by Crippen LogP contribution is -2.25. The Kier molecular flexibility index (Phi) is 5.74. The van der Waals surface area contributed by atoms with Crippen LogP contribution in [-0.2, 0) is 11.4 Å². The van der Waals surface area contributed by atoms with Crippen molar-refractivity contribution in [2.75, 3.05) is 5.32 Å². The number of hydrogen-bond acceptors (Lipinski definition) is 6. The van der Waals surface area contributed by atoms with E-state index in [4.69, 9.17) is 16.3 Å². The number of rotatable bonds is 6. The molecule has 0 aliphatic carbocycles. The Labute approximate surface area is 180 Å². The van der Waals surface area contributed by atoms with Crippen LogP contribution in [0.4, 0.5) is 10.1 Å². The second-order valence-electron chi connectivity index (χ2n) is 6.65.